The molecule has 2 rings (SSSR count). The molecule has 0 amide bonds. The van der Waals surface area contributed by atoms with E-state index in [9.17, 15) is 0 Å². The standard InChI is InChI=1S/C15H24N2O/c1-12(2)17(14-7-8-16-10-14)11-13-5-4-6-15(9-13)18-3/h4-6,9,12,14,16H,7-8,10-11H2,1-3H3/t14-/m0/s1. The van der Waals surface area contributed by atoms with Crippen LogP contribution in [-0.4, -0.2) is 37.2 Å². The molecule has 0 bridgehead atoms. The van der Waals surface area contributed by atoms with Crippen LogP contribution in [0.3, 0.4) is 0 Å². The second kappa shape index (κ2) is 6.21. The van der Waals surface area contributed by atoms with Crippen LogP contribution in [0.15, 0.2) is 24.3 Å². The SMILES string of the molecule is COc1cccc(CN(C(C)C)[C@H]2CCNC2)c1. The van der Waals surface area contributed by atoms with Crippen LogP contribution in [0.5, 0.6) is 5.75 Å². The lowest BCUT2D eigenvalue weighted by molar-refractivity contribution is 0.154. The molecule has 1 aliphatic rings. The first-order valence-corrected chi connectivity index (χ1v) is 6.80. The summed E-state index contributed by atoms with van der Waals surface area (Å²) in [6.45, 7) is 7.81. The molecule has 1 atom stereocenters. The van der Waals surface area contributed by atoms with Crippen molar-refractivity contribution in [2.45, 2.75) is 38.9 Å². The first-order chi connectivity index (χ1) is 8.70. The predicted octanol–water partition coefficient (Wildman–Crippen LogP) is 2.27. The summed E-state index contributed by atoms with van der Waals surface area (Å²) in [5.41, 5.74) is 1.33. The van der Waals surface area contributed by atoms with Crippen molar-refractivity contribution in [1.82, 2.24) is 10.2 Å². The molecule has 18 heavy (non-hydrogen) atoms. The van der Waals surface area contributed by atoms with Gasteiger partial charge in [0.2, 0.25) is 0 Å². The monoisotopic (exact) mass is 248 g/mol. The van der Waals surface area contributed by atoms with E-state index in [0.717, 1.165) is 25.4 Å². The maximum absolute atomic E-state index is 5.29. The van der Waals surface area contributed by atoms with Crippen LogP contribution in [0.2, 0.25) is 0 Å². The lowest BCUT2D eigenvalue weighted by Crippen LogP contribution is -2.41. The van der Waals surface area contributed by atoms with Crippen molar-refractivity contribution in [3.8, 4) is 5.75 Å². The fourth-order valence-corrected chi connectivity index (χ4v) is 2.64. The summed E-state index contributed by atoms with van der Waals surface area (Å²) in [7, 11) is 1.72. The average molecular weight is 248 g/mol. The maximum Gasteiger partial charge on any atom is 0.119 e. The highest BCUT2D eigenvalue weighted by Crippen LogP contribution is 2.19. The van der Waals surface area contributed by atoms with Crippen molar-refractivity contribution >= 4 is 0 Å². The summed E-state index contributed by atoms with van der Waals surface area (Å²) in [4.78, 5) is 2.58. The number of ether oxygens (including phenoxy) is 1. The van der Waals surface area contributed by atoms with E-state index in [1.807, 2.05) is 6.07 Å². The summed E-state index contributed by atoms with van der Waals surface area (Å²) < 4.78 is 5.29. The molecule has 1 N–H and O–H groups in total. The molecule has 3 nitrogen and oxygen atoms in total. The van der Waals surface area contributed by atoms with Crippen LogP contribution in [0.4, 0.5) is 0 Å². The topological polar surface area (TPSA) is 24.5 Å². The lowest BCUT2D eigenvalue weighted by Gasteiger charge is -2.32. The fourth-order valence-electron chi connectivity index (χ4n) is 2.64. The van der Waals surface area contributed by atoms with Gasteiger partial charge in [-0.1, -0.05) is 12.1 Å². The largest absolute Gasteiger partial charge is 0.497 e. The Morgan fingerprint density at radius 2 is 2.28 bits per heavy atom. The lowest BCUT2D eigenvalue weighted by atomic mass is 10.1. The minimum absolute atomic E-state index is 0.570. The van der Waals surface area contributed by atoms with Gasteiger partial charge in [-0.05, 0) is 44.5 Å². The zero-order chi connectivity index (χ0) is 13.0. The van der Waals surface area contributed by atoms with Crippen molar-refractivity contribution in [2.75, 3.05) is 20.2 Å². The van der Waals surface area contributed by atoms with E-state index >= 15 is 0 Å². The second-order valence-electron chi connectivity index (χ2n) is 5.26. The molecule has 1 aliphatic heterocycles. The summed E-state index contributed by atoms with van der Waals surface area (Å²) in [6.07, 6.45) is 1.25. The molecular formula is C15H24N2O. The van der Waals surface area contributed by atoms with Gasteiger partial charge in [-0.25, -0.2) is 0 Å². The highest BCUT2D eigenvalue weighted by molar-refractivity contribution is 5.28. The van der Waals surface area contributed by atoms with Crippen molar-refractivity contribution in [1.29, 1.82) is 0 Å². The Kier molecular flexibility index (Phi) is 4.61. The van der Waals surface area contributed by atoms with E-state index in [1.165, 1.54) is 12.0 Å². The number of methoxy groups -OCH3 is 1. The van der Waals surface area contributed by atoms with Gasteiger partial charge in [0.25, 0.3) is 0 Å². The van der Waals surface area contributed by atoms with Crippen LogP contribution >= 0.6 is 0 Å². The van der Waals surface area contributed by atoms with Crippen molar-refractivity contribution in [3.05, 3.63) is 29.8 Å². The fraction of sp³-hybridized carbons (Fsp3) is 0.600. The number of rotatable bonds is 5. The summed E-state index contributed by atoms with van der Waals surface area (Å²) in [6, 6.07) is 9.62. The third kappa shape index (κ3) is 3.24. The first kappa shape index (κ1) is 13.4. The number of nitrogens with one attached hydrogen (secondary N) is 1. The summed E-state index contributed by atoms with van der Waals surface area (Å²) in [5, 5.41) is 3.45. The van der Waals surface area contributed by atoms with E-state index in [-0.39, 0.29) is 0 Å². The van der Waals surface area contributed by atoms with E-state index in [0.29, 0.717) is 12.1 Å². The molecule has 0 radical (unpaired) electrons. The van der Waals surface area contributed by atoms with E-state index in [4.69, 9.17) is 4.74 Å². The van der Waals surface area contributed by atoms with Gasteiger partial charge in [-0.2, -0.15) is 0 Å². The second-order valence-corrected chi connectivity index (χ2v) is 5.26. The Morgan fingerprint density at radius 1 is 1.44 bits per heavy atom. The number of nitrogens with zero attached hydrogens (tertiary/aromatic N) is 1. The molecular weight excluding hydrogens is 224 g/mol. The Labute approximate surface area is 110 Å². The average Bonchev–Trinajstić information content (AvgIpc) is 2.89. The van der Waals surface area contributed by atoms with Gasteiger partial charge in [0.05, 0.1) is 7.11 Å². The maximum atomic E-state index is 5.29. The Balaban J connectivity index is 2.07. The highest BCUT2D eigenvalue weighted by atomic mass is 16.5. The quantitative estimate of drug-likeness (QED) is 0.865. The molecule has 0 aliphatic carbocycles. The Bertz CT molecular complexity index is 373. The zero-order valence-corrected chi connectivity index (χ0v) is 11.6. The van der Waals surface area contributed by atoms with E-state index < -0.39 is 0 Å². The van der Waals surface area contributed by atoms with E-state index in [2.05, 4.69) is 42.3 Å². The molecule has 1 aromatic rings. The Morgan fingerprint density at radius 3 is 2.89 bits per heavy atom. The molecule has 100 valence electrons. The van der Waals surface area contributed by atoms with Crippen molar-refractivity contribution < 1.29 is 4.74 Å². The molecule has 3 heteroatoms. The molecule has 0 unspecified atom stereocenters. The van der Waals surface area contributed by atoms with Gasteiger partial charge < -0.3 is 10.1 Å². The van der Waals surface area contributed by atoms with Crippen molar-refractivity contribution in [3.63, 3.8) is 0 Å². The molecule has 1 saturated heterocycles. The van der Waals surface area contributed by atoms with Gasteiger partial charge in [-0.3, -0.25) is 4.90 Å². The molecule has 0 aromatic heterocycles. The van der Waals surface area contributed by atoms with Crippen LogP contribution in [0.1, 0.15) is 25.8 Å². The van der Waals surface area contributed by atoms with Crippen molar-refractivity contribution in [2.24, 2.45) is 0 Å². The van der Waals surface area contributed by atoms with Crippen LogP contribution in [0.25, 0.3) is 0 Å². The smallest absolute Gasteiger partial charge is 0.119 e. The molecule has 0 spiro atoms. The summed E-state index contributed by atoms with van der Waals surface area (Å²) >= 11 is 0. The third-order valence-corrected chi connectivity index (χ3v) is 3.67. The Hall–Kier alpha value is -1.06. The number of hydrogen-bond acceptors (Lipinski definition) is 3. The predicted molar refractivity (Wildman–Crippen MR) is 74.9 cm³/mol. The third-order valence-electron chi connectivity index (χ3n) is 3.67. The minimum Gasteiger partial charge on any atom is -0.497 e. The zero-order valence-electron chi connectivity index (χ0n) is 11.6. The van der Waals surface area contributed by atoms with E-state index in [1.54, 1.807) is 7.11 Å². The van der Waals surface area contributed by atoms with Gasteiger partial charge in [0, 0.05) is 25.2 Å². The highest BCUT2D eigenvalue weighted by Gasteiger charge is 2.24. The molecule has 1 aromatic carbocycles. The number of benzene rings is 1. The van der Waals surface area contributed by atoms with Gasteiger partial charge >= 0.3 is 0 Å². The van der Waals surface area contributed by atoms with Gasteiger partial charge in [-0.15, -0.1) is 0 Å². The van der Waals surface area contributed by atoms with Crippen LogP contribution < -0.4 is 10.1 Å². The van der Waals surface area contributed by atoms with Gasteiger partial charge in [0.15, 0.2) is 0 Å². The first-order valence-electron chi connectivity index (χ1n) is 6.80. The van der Waals surface area contributed by atoms with Crippen LogP contribution in [0, 0.1) is 0 Å². The normalized spacial score (nSPS) is 19.7. The summed E-state index contributed by atoms with van der Waals surface area (Å²) in [5.74, 6) is 0.945. The number of hydrogen-bond donors (Lipinski definition) is 1. The molecule has 1 heterocycles. The molecule has 1 fully saturated rings. The van der Waals surface area contributed by atoms with Crippen LogP contribution in [-0.2, 0) is 6.54 Å². The van der Waals surface area contributed by atoms with Gasteiger partial charge in [0.1, 0.15) is 5.75 Å². The minimum atomic E-state index is 0.570. The molecule has 0 saturated carbocycles.